The number of nitrogens with zero attached hydrogens (tertiary/aromatic N) is 3. The molecule has 0 bridgehead atoms. The van der Waals surface area contributed by atoms with E-state index in [9.17, 15) is 4.79 Å². The Morgan fingerprint density at radius 3 is 2.79 bits per heavy atom. The maximum absolute atomic E-state index is 10.7. The quantitative estimate of drug-likeness (QED) is 0.882. The molecule has 1 aliphatic rings. The van der Waals surface area contributed by atoms with Crippen LogP contribution in [0.3, 0.4) is 0 Å². The van der Waals surface area contributed by atoms with Crippen LogP contribution in [0.2, 0.25) is 0 Å². The molecule has 1 aromatic rings. The normalized spacial score (nSPS) is 19.4. The van der Waals surface area contributed by atoms with Crippen molar-refractivity contribution in [1.29, 1.82) is 0 Å². The monoisotopic (exact) mass is 263 g/mol. The van der Waals surface area contributed by atoms with Gasteiger partial charge in [0.25, 0.3) is 0 Å². The summed E-state index contributed by atoms with van der Waals surface area (Å²) in [5, 5.41) is 8.82. The number of hydrogen-bond acceptors (Lipinski definition) is 4. The van der Waals surface area contributed by atoms with Gasteiger partial charge in [-0.2, -0.15) is 0 Å². The third-order valence-corrected chi connectivity index (χ3v) is 3.68. The van der Waals surface area contributed by atoms with Gasteiger partial charge >= 0.3 is 5.97 Å². The second-order valence-corrected chi connectivity index (χ2v) is 5.02. The summed E-state index contributed by atoms with van der Waals surface area (Å²) in [6.45, 7) is 3.00. The fourth-order valence-electron chi connectivity index (χ4n) is 2.53. The van der Waals surface area contributed by atoms with E-state index in [4.69, 9.17) is 5.11 Å². The fraction of sp³-hybridized carbons (Fsp3) is 0.643. The number of aliphatic carboxylic acids is 1. The summed E-state index contributed by atoms with van der Waals surface area (Å²) in [6, 6.07) is 0.261. The molecule has 0 aromatic carbocycles. The van der Waals surface area contributed by atoms with Gasteiger partial charge in [0.05, 0.1) is 0 Å². The van der Waals surface area contributed by atoms with E-state index in [0.717, 1.165) is 43.7 Å². The van der Waals surface area contributed by atoms with Gasteiger partial charge in [0, 0.05) is 31.4 Å². The van der Waals surface area contributed by atoms with Crippen LogP contribution in [0.25, 0.3) is 0 Å². The minimum atomic E-state index is -0.729. The van der Waals surface area contributed by atoms with Crippen molar-refractivity contribution in [2.45, 2.75) is 51.5 Å². The highest BCUT2D eigenvalue weighted by Gasteiger charge is 2.24. The first-order valence-electron chi connectivity index (χ1n) is 7.00. The van der Waals surface area contributed by atoms with Gasteiger partial charge < -0.3 is 10.0 Å². The van der Waals surface area contributed by atoms with Crippen LogP contribution in [0, 0.1) is 0 Å². The molecular formula is C14H21N3O2. The van der Waals surface area contributed by atoms with E-state index in [1.165, 1.54) is 0 Å². The molecule has 1 fully saturated rings. The van der Waals surface area contributed by atoms with E-state index >= 15 is 0 Å². The summed E-state index contributed by atoms with van der Waals surface area (Å²) in [5.74, 6) is 0.0139. The highest BCUT2D eigenvalue weighted by molar-refractivity contribution is 5.66. The van der Waals surface area contributed by atoms with Crippen molar-refractivity contribution in [1.82, 2.24) is 9.97 Å². The molecule has 2 heterocycles. The van der Waals surface area contributed by atoms with Crippen LogP contribution in [0.5, 0.6) is 0 Å². The summed E-state index contributed by atoms with van der Waals surface area (Å²) in [6.07, 6.45) is 8.88. The fourth-order valence-corrected chi connectivity index (χ4v) is 2.53. The number of anilines is 1. The second-order valence-electron chi connectivity index (χ2n) is 5.02. The lowest BCUT2D eigenvalue weighted by atomic mass is 9.98. The van der Waals surface area contributed by atoms with Gasteiger partial charge in [0.1, 0.15) is 0 Å². The minimum absolute atomic E-state index is 0.216. The Kier molecular flexibility index (Phi) is 4.71. The van der Waals surface area contributed by atoms with Gasteiger partial charge in [-0.1, -0.05) is 6.92 Å². The smallest absolute Gasteiger partial charge is 0.303 e. The standard InChI is InChI=1S/C14H21N3O2/c1-2-11-9-15-14(16-10-11)17-8-4-3-5-12(17)6-7-13(18)19/h9-10,12H,2-8H2,1H3,(H,18,19). The first-order valence-corrected chi connectivity index (χ1v) is 7.00. The second kappa shape index (κ2) is 6.50. The van der Waals surface area contributed by atoms with Crippen molar-refractivity contribution >= 4 is 11.9 Å². The van der Waals surface area contributed by atoms with Crippen LogP contribution in [-0.2, 0) is 11.2 Å². The molecular weight excluding hydrogens is 242 g/mol. The van der Waals surface area contributed by atoms with Gasteiger partial charge in [-0.15, -0.1) is 0 Å². The van der Waals surface area contributed by atoms with Crippen LogP contribution in [0.15, 0.2) is 12.4 Å². The van der Waals surface area contributed by atoms with E-state index in [0.29, 0.717) is 6.42 Å². The molecule has 1 unspecified atom stereocenters. The number of aromatic nitrogens is 2. The van der Waals surface area contributed by atoms with Gasteiger partial charge in [-0.05, 0) is 37.7 Å². The minimum Gasteiger partial charge on any atom is -0.481 e. The Hall–Kier alpha value is -1.65. The van der Waals surface area contributed by atoms with Crippen LogP contribution >= 0.6 is 0 Å². The zero-order valence-corrected chi connectivity index (χ0v) is 11.4. The lowest BCUT2D eigenvalue weighted by molar-refractivity contribution is -0.137. The van der Waals surface area contributed by atoms with E-state index < -0.39 is 5.97 Å². The molecule has 5 heteroatoms. The summed E-state index contributed by atoms with van der Waals surface area (Å²) in [5.41, 5.74) is 1.13. The number of aryl methyl sites for hydroxylation is 1. The predicted octanol–water partition coefficient (Wildman–Crippen LogP) is 2.26. The summed E-state index contributed by atoms with van der Waals surface area (Å²) in [4.78, 5) is 21.7. The van der Waals surface area contributed by atoms with Crippen LogP contribution < -0.4 is 4.90 Å². The molecule has 1 atom stereocenters. The maximum Gasteiger partial charge on any atom is 0.303 e. The molecule has 0 spiro atoms. The Balaban J connectivity index is 2.06. The van der Waals surface area contributed by atoms with Crippen LogP contribution in [0.4, 0.5) is 5.95 Å². The van der Waals surface area contributed by atoms with Crippen LogP contribution in [0.1, 0.15) is 44.6 Å². The number of piperidine rings is 1. The van der Waals surface area contributed by atoms with E-state index in [1.807, 2.05) is 12.4 Å². The lowest BCUT2D eigenvalue weighted by Gasteiger charge is -2.35. The molecule has 1 aromatic heterocycles. The highest BCUT2D eigenvalue weighted by Crippen LogP contribution is 2.24. The van der Waals surface area contributed by atoms with Crippen molar-refractivity contribution in [3.05, 3.63) is 18.0 Å². The van der Waals surface area contributed by atoms with E-state index in [2.05, 4.69) is 21.8 Å². The van der Waals surface area contributed by atoms with Crippen molar-refractivity contribution in [2.24, 2.45) is 0 Å². The van der Waals surface area contributed by atoms with Gasteiger partial charge in [0.15, 0.2) is 0 Å². The van der Waals surface area contributed by atoms with E-state index in [-0.39, 0.29) is 12.5 Å². The average molecular weight is 263 g/mol. The van der Waals surface area contributed by atoms with Gasteiger partial charge in [-0.25, -0.2) is 9.97 Å². The first kappa shape index (κ1) is 13.8. The number of carboxylic acids is 1. The Morgan fingerprint density at radius 2 is 2.16 bits per heavy atom. The van der Waals surface area contributed by atoms with Crippen molar-refractivity contribution < 1.29 is 9.90 Å². The molecule has 1 N–H and O–H groups in total. The molecule has 1 saturated heterocycles. The largest absolute Gasteiger partial charge is 0.481 e. The van der Waals surface area contributed by atoms with Gasteiger partial charge in [-0.3, -0.25) is 4.79 Å². The lowest BCUT2D eigenvalue weighted by Crippen LogP contribution is -2.41. The third kappa shape index (κ3) is 3.66. The molecule has 0 radical (unpaired) electrons. The Labute approximate surface area is 113 Å². The predicted molar refractivity (Wildman–Crippen MR) is 73.3 cm³/mol. The SMILES string of the molecule is CCc1cnc(N2CCCCC2CCC(=O)O)nc1. The van der Waals surface area contributed by atoms with Crippen molar-refractivity contribution in [2.75, 3.05) is 11.4 Å². The molecule has 0 saturated carbocycles. The van der Waals surface area contributed by atoms with Crippen LogP contribution in [-0.4, -0.2) is 33.6 Å². The molecule has 2 rings (SSSR count). The number of hydrogen-bond donors (Lipinski definition) is 1. The van der Waals surface area contributed by atoms with E-state index in [1.54, 1.807) is 0 Å². The third-order valence-electron chi connectivity index (χ3n) is 3.68. The van der Waals surface area contributed by atoms with Crippen molar-refractivity contribution in [3.8, 4) is 0 Å². The topological polar surface area (TPSA) is 66.3 Å². The number of carbonyl (C=O) groups is 1. The summed E-state index contributed by atoms with van der Waals surface area (Å²) >= 11 is 0. The molecule has 0 amide bonds. The number of carboxylic acid groups (broad SMARTS) is 1. The Morgan fingerprint density at radius 1 is 1.42 bits per heavy atom. The zero-order chi connectivity index (χ0) is 13.7. The average Bonchev–Trinajstić information content (AvgIpc) is 2.45. The first-order chi connectivity index (χ1) is 9.20. The zero-order valence-electron chi connectivity index (χ0n) is 11.4. The Bertz CT molecular complexity index is 419. The molecule has 0 aliphatic carbocycles. The summed E-state index contributed by atoms with van der Waals surface area (Å²) < 4.78 is 0. The number of rotatable bonds is 5. The highest BCUT2D eigenvalue weighted by atomic mass is 16.4. The molecule has 104 valence electrons. The molecule has 1 aliphatic heterocycles. The van der Waals surface area contributed by atoms with Gasteiger partial charge in [0.2, 0.25) is 5.95 Å². The molecule has 5 nitrogen and oxygen atoms in total. The summed E-state index contributed by atoms with van der Waals surface area (Å²) in [7, 11) is 0. The molecule has 19 heavy (non-hydrogen) atoms. The van der Waals surface area contributed by atoms with Crippen molar-refractivity contribution in [3.63, 3.8) is 0 Å². The maximum atomic E-state index is 10.7.